The summed E-state index contributed by atoms with van der Waals surface area (Å²) in [5.41, 5.74) is 5.96. The molecule has 0 radical (unpaired) electrons. The molecule has 1 unspecified atom stereocenters. The number of aromatic nitrogens is 2. The zero-order valence-electron chi connectivity index (χ0n) is 11.7. The standard InChI is InChI=1S/C13H21N3O2S/c1-10-6-8-15-12(16-10)19-9-5-4-7-13(2,14)11(17)18-3/h6,8H,4-5,7,9,14H2,1-3H3. The number of rotatable bonds is 7. The van der Waals surface area contributed by atoms with Gasteiger partial charge in [-0.05, 0) is 32.8 Å². The fraction of sp³-hybridized carbons (Fsp3) is 0.615. The molecule has 106 valence electrons. The van der Waals surface area contributed by atoms with E-state index in [0.29, 0.717) is 6.42 Å². The van der Waals surface area contributed by atoms with Crippen molar-refractivity contribution in [1.82, 2.24) is 9.97 Å². The number of ether oxygens (including phenoxy) is 1. The maximum absolute atomic E-state index is 11.4. The topological polar surface area (TPSA) is 78.1 Å². The molecule has 0 spiro atoms. The number of carbonyl (C=O) groups excluding carboxylic acids is 1. The molecule has 5 nitrogen and oxygen atoms in total. The molecule has 1 aromatic rings. The second-order valence-electron chi connectivity index (χ2n) is 4.70. The summed E-state index contributed by atoms with van der Waals surface area (Å²) < 4.78 is 4.67. The van der Waals surface area contributed by atoms with Gasteiger partial charge in [-0.25, -0.2) is 9.97 Å². The van der Waals surface area contributed by atoms with Gasteiger partial charge in [-0.3, -0.25) is 4.79 Å². The summed E-state index contributed by atoms with van der Waals surface area (Å²) in [6, 6.07) is 1.88. The van der Waals surface area contributed by atoms with Gasteiger partial charge in [0, 0.05) is 17.6 Å². The second-order valence-corrected chi connectivity index (χ2v) is 5.76. The van der Waals surface area contributed by atoms with E-state index >= 15 is 0 Å². The van der Waals surface area contributed by atoms with E-state index in [0.717, 1.165) is 29.4 Å². The first kappa shape index (κ1) is 15.9. The van der Waals surface area contributed by atoms with E-state index in [9.17, 15) is 4.79 Å². The molecule has 0 aromatic carbocycles. The smallest absolute Gasteiger partial charge is 0.325 e. The molecule has 0 aliphatic rings. The average molecular weight is 283 g/mol. The molecule has 1 heterocycles. The zero-order valence-corrected chi connectivity index (χ0v) is 12.5. The third-order valence-corrected chi connectivity index (χ3v) is 3.69. The molecule has 1 rings (SSSR count). The third kappa shape index (κ3) is 5.57. The minimum Gasteiger partial charge on any atom is -0.468 e. The molecule has 0 aliphatic carbocycles. The number of esters is 1. The van der Waals surface area contributed by atoms with Gasteiger partial charge < -0.3 is 10.5 Å². The predicted octanol–water partition coefficient (Wildman–Crippen LogP) is 1.94. The van der Waals surface area contributed by atoms with Gasteiger partial charge in [0.15, 0.2) is 5.16 Å². The van der Waals surface area contributed by atoms with Crippen LogP contribution in [0, 0.1) is 6.92 Å². The van der Waals surface area contributed by atoms with Gasteiger partial charge in [-0.15, -0.1) is 0 Å². The van der Waals surface area contributed by atoms with Gasteiger partial charge >= 0.3 is 5.97 Å². The van der Waals surface area contributed by atoms with Crippen molar-refractivity contribution in [2.75, 3.05) is 12.9 Å². The average Bonchev–Trinajstić information content (AvgIpc) is 2.37. The van der Waals surface area contributed by atoms with E-state index in [2.05, 4.69) is 14.7 Å². The number of methoxy groups -OCH3 is 1. The molecular weight excluding hydrogens is 262 g/mol. The van der Waals surface area contributed by atoms with Crippen LogP contribution in [0.5, 0.6) is 0 Å². The molecular formula is C13H21N3O2S. The van der Waals surface area contributed by atoms with Crippen molar-refractivity contribution in [2.45, 2.75) is 43.8 Å². The monoisotopic (exact) mass is 283 g/mol. The summed E-state index contributed by atoms with van der Waals surface area (Å²) in [7, 11) is 1.36. The maximum Gasteiger partial charge on any atom is 0.325 e. The minimum atomic E-state index is -0.890. The van der Waals surface area contributed by atoms with Crippen molar-refractivity contribution in [1.29, 1.82) is 0 Å². The highest BCUT2D eigenvalue weighted by Gasteiger charge is 2.28. The Morgan fingerprint density at radius 2 is 2.26 bits per heavy atom. The largest absolute Gasteiger partial charge is 0.468 e. The van der Waals surface area contributed by atoms with Gasteiger partial charge in [0.1, 0.15) is 5.54 Å². The number of nitrogens with two attached hydrogens (primary N) is 1. The van der Waals surface area contributed by atoms with Crippen LogP contribution >= 0.6 is 11.8 Å². The lowest BCUT2D eigenvalue weighted by molar-refractivity contribution is -0.146. The molecule has 0 saturated carbocycles. The van der Waals surface area contributed by atoms with Gasteiger partial charge in [-0.1, -0.05) is 18.2 Å². The Balaban J connectivity index is 2.23. The van der Waals surface area contributed by atoms with Gasteiger partial charge in [0.2, 0.25) is 0 Å². The number of hydrogen-bond donors (Lipinski definition) is 1. The van der Waals surface area contributed by atoms with Crippen molar-refractivity contribution in [2.24, 2.45) is 5.73 Å². The van der Waals surface area contributed by atoms with Crippen LogP contribution in [0.4, 0.5) is 0 Å². The number of hydrogen-bond acceptors (Lipinski definition) is 6. The van der Waals surface area contributed by atoms with Crippen molar-refractivity contribution in [3.8, 4) is 0 Å². The summed E-state index contributed by atoms with van der Waals surface area (Å²) in [5.74, 6) is 0.558. The van der Waals surface area contributed by atoms with E-state index in [1.165, 1.54) is 7.11 Å². The number of aryl methyl sites for hydroxylation is 1. The van der Waals surface area contributed by atoms with E-state index in [1.807, 2.05) is 13.0 Å². The molecule has 0 aliphatic heterocycles. The van der Waals surface area contributed by atoms with Gasteiger partial charge in [0.25, 0.3) is 0 Å². The van der Waals surface area contributed by atoms with Crippen LogP contribution in [0.15, 0.2) is 17.4 Å². The predicted molar refractivity (Wildman–Crippen MR) is 76.0 cm³/mol. The van der Waals surface area contributed by atoms with E-state index in [-0.39, 0.29) is 5.97 Å². The number of nitrogens with zero attached hydrogens (tertiary/aromatic N) is 2. The molecule has 6 heteroatoms. The Kier molecular flexibility index (Phi) is 6.24. The highest BCUT2D eigenvalue weighted by molar-refractivity contribution is 7.99. The summed E-state index contributed by atoms with van der Waals surface area (Å²) in [5, 5.41) is 0.795. The zero-order chi connectivity index (χ0) is 14.3. The first-order chi connectivity index (χ1) is 8.95. The highest BCUT2D eigenvalue weighted by Crippen LogP contribution is 2.17. The summed E-state index contributed by atoms with van der Waals surface area (Å²) in [4.78, 5) is 19.9. The number of carbonyl (C=O) groups is 1. The van der Waals surface area contributed by atoms with Crippen LogP contribution in [0.25, 0.3) is 0 Å². The summed E-state index contributed by atoms with van der Waals surface area (Å²) in [6.07, 6.45) is 4.22. The number of unbranched alkanes of at least 4 members (excludes halogenated alkanes) is 1. The van der Waals surface area contributed by atoms with E-state index in [1.54, 1.807) is 24.9 Å². The summed E-state index contributed by atoms with van der Waals surface area (Å²) >= 11 is 1.62. The normalized spacial score (nSPS) is 13.9. The second kappa shape index (κ2) is 7.45. The van der Waals surface area contributed by atoms with Gasteiger partial charge in [-0.2, -0.15) is 0 Å². The molecule has 2 N–H and O–H groups in total. The SMILES string of the molecule is COC(=O)C(C)(N)CCCCSc1nccc(C)n1. The molecule has 0 bridgehead atoms. The van der Waals surface area contributed by atoms with Crippen molar-refractivity contribution >= 4 is 17.7 Å². The lowest BCUT2D eigenvalue weighted by atomic mass is 9.97. The van der Waals surface area contributed by atoms with Crippen molar-refractivity contribution < 1.29 is 9.53 Å². The minimum absolute atomic E-state index is 0.359. The first-order valence-electron chi connectivity index (χ1n) is 6.25. The molecule has 0 amide bonds. The Bertz CT molecular complexity index is 424. The van der Waals surface area contributed by atoms with Crippen LogP contribution in [-0.2, 0) is 9.53 Å². The molecule has 1 atom stereocenters. The number of thioether (sulfide) groups is 1. The Morgan fingerprint density at radius 1 is 1.53 bits per heavy atom. The van der Waals surface area contributed by atoms with Crippen LogP contribution in [0.1, 0.15) is 31.9 Å². The molecule has 0 fully saturated rings. The fourth-order valence-corrected chi connectivity index (χ4v) is 2.46. The van der Waals surface area contributed by atoms with E-state index < -0.39 is 5.54 Å². The van der Waals surface area contributed by atoms with Crippen LogP contribution in [0.3, 0.4) is 0 Å². The Hall–Kier alpha value is -1.14. The maximum atomic E-state index is 11.4. The first-order valence-corrected chi connectivity index (χ1v) is 7.24. The van der Waals surface area contributed by atoms with Crippen LogP contribution < -0.4 is 5.73 Å². The lowest BCUT2D eigenvalue weighted by Crippen LogP contribution is -2.45. The molecule has 19 heavy (non-hydrogen) atoms. The van der Waals surface area contributed by atoms with Crippen LogP contribution in [-0.4, -0.2) is 34.3 Å². The van der Waals surface area contributed by atoms with Crippen LogP contribution in [0.2, 0.25) is 0 Å². The molecule has 1 aromatic heterocycles. The highest BCUT2D eigenvalue weighted by atomic mass is 32.2. The quantitative estimate of drug-likeness (QED) is 0.356. The summed E-state index contributed by atoms with van der Waals surface area (Å²) in [6.45, 7) is 3.65. The van der Waals surface area contributed by atoms with Gasteiger partial charge in [0.05, 0.1) is 7.11 Å². The third-order valence-electron chi connectivity index (χ3n) is 2.75. The van der Waals surface area contributed by atoms with E-state index in [4.69, 9.17) is 5.73 Å². The van der Waals surface area contributed by atoms with Crippen molar-refractivity contribution in [3.05, 3.63) is 18.0 Å². The Morgan fingerprint density at radius 3 is 2.89 bits per heavy atom. The fourth-order valence-electron chi connectivity index (χ4n) is 1.59. The Labute approximate surface area is 118 Å². The molecule has 0 saturated heterocycles. The lowest BCUT2D eigenvalue weighted by Gasteiger charge is -2.20. The van der Waals surface area contributed by atoms with Crippen molar-refractivity contribution in [3.63, 3.8) is 0 Å².